The molecule has 0 bridgehead atoms. The molecule has 0 saturated heterocycles. The molecule has 0 unspecified atom stereocenters. The average molecular weight is 431 g/mol. The third-order valence-electron chi connectivity index (χ3n) is 4.27. The monoisotopic (exact) mass is 430 g/mol. The Bertz CT molecular complexity index is 1150. The zero-order chi connectivity index (χ0) is 21.0. The molecule has 3 N–H and O–H groups in total. The summed E-state index contributed by atoms with van der Waals surface area (Å²) in [5, 5.41) is 6.65. The van der Waals surface area contributed by atoms with Crippen molar-refractivity contribution in [2.45, 2.75) is 12.7 Å². The Hall–Kier alpha value is -2.87. The van der Waals surface area contributed by atoms with E-state index in [-0.39, 0.29) is 5.91 Å². The number of para-hydroxylation sites is 1. The van der Waals surface area contributed by atoms with E-state index in [9.17, 15) is 13.2 Å². The van der Waals surface area contributed by atoms with Crippen LogP contribution in [0.15, 0.2) is 66.7 Å². The van der Waals surface area contributed by atoms with Crippen molar-refractivity contribution in [3.8, 4) is 0 Å². The summed E-state index contributed by atoms with van der Waals surface area (Å²) in [6.07, 6.45) is 0. The number of anilines is 3. The molecule has 0 spiro atoms. The zero-order valence-electron chi connectivity index (χ0n) is 15.5. The van der Waals surface area contributed by atoms with Gasteiger partial charge in [-0.3, -0.25) is 9.35 Å². The molecule has 0 aliphatic carbocycles. The summed E-state index contributed by atoms with van der Waals surface area (Å²) in [5.74, 6) is -0.803. The fourth-order valence-corrected chi connectivity index (χ4v) is 3.56. The van der Waals surface area contributed by atoms with E-state index in [0.29, 0.717) is 27.5 Å². The first-order valence-electron chi connectivity index (χ1n) is 8.69. The Kier molecular flexibility index (Phi) is 6.22. The van der Waals surface area contributed by atoms with Crippen molar-refractivity contribution in [3.05, 3.63) is 88.4 Å². The van der Waals surface area contributed by atoms with Crippen LogP contribution in [0.25, 0.3) is 0 Å². The number of benzene rings is 3. The highest BCUT2D eigenvalue weighted by atomic mass is 35.5. The summed E-state index contributed by atoms with van der Waals surface area (Å²) < 4.78 is 30.8. The highest BCUT2D eigenvalue weighted by molar-refractivity contribution is 7.85. The first-order valence-corrected chi connectivity index (χ1v) is 10.7. The van der Waals surface area contributed by atoms with Gasteiger partial charge in [0, 0.05) is 16.4 Å². The topological polar surface area (TPSA) is 95.5 Å². The van der Waals surface area contributed by atoms with Crippen LogP contribution in [0.1, 0.15) is 21.5 Å². The van der Waals surface area contributed by atoms with E-state index in [0.717, 1.165) is 11.3 Å². The van der Waals surface area contributed by atoms with Crippen LogP contribution in [0.4, 0.5) is 17.1 Å². The Morgan fingerprint density at radius 2 is 1.62 bits per heavy atom. The second kappa shape index (κ2) is 8.65. The van der Waals surface area contributed by atoms with Crippen molar-refractivity contribution in [3.63, 3.8) is 0 Å². The second-order valence-electron chi connectivity index (χ2n) is 6.46. The molecule has 150 valence electrons. The quantitative estimate of drug-likeness (QED) is 0.476. The lowest BCUT2D eigenvalue weighted by molar-refractivity contribution is 0.102. The van der Waals surface area contributed by atoms with Gasteiger partial charge in [-0.05, 0) is 54.4 Å². The van der Waals surface area contributed by atoms with Gasteiger partial charge in [-0.1, -0.05) is 41.9 Å². The lowest BCUT2D eigenvalue weighted by atomic mass is 10.1. The number of amides is 1. The molecule has 0 aliphatic heterocycles. The number of nitrogens with one attached hydrogen (secondary N) is 2. The molecule has 0 aliphatic rings. The average Bonchev–Trinajstić information content (AvgIpc) is 2.66. The molecule has 0 heterocycles. The third-order valence-corrected chi connectivity index (χ3v) is 5.38. The Morgan fingerprint density at radius 1 is 0.966 bits per heavy atom. The zero-order valence-corrected chi connectivity index (χ0v) is 17.1. The van der Waals surface area contributed by atoms with E-state index in [1.807, 2.05) is 25.1 Å². The largest absolute Gasteiger partial charge is 0.355 e. The summed E-state index contributed by atoms with van der Waals surface area (Å²) in [6, 6.07) is 18.8. The van der Waals surface area contributed by atoms with Crippen molar-refractivity contribution < 1.29 is 17.8 Å². The minimum Gasteiger partial charge on any atom is -0.355 e. The number of carbonyl (C=O) groups excluding carboxylic acids is 1. The van der Waals surface area contributed by atoms with E-state index in [1.54, 1.807) is 36.4 Å². The maximum atomic E-state index is 12.8. The maximum absolute atomic E-state index is 12.8. The van der Waals surface area contributed by atoms with Gasteiger partial charge >= 0.3 is 0 Å². The van der Waals surface area contributed by atoms with Gasteiger partial charge in [0.05, 0.1) is 11.3 Å². The molecule has 29 heavy (non-hydrogen) atoms. The van der Waals surface area contributed by atoms with Gasteiger partial charge in [0.1, 0.15) is 5.75 Å². The van der Waals surface area contributed by atoms with E-state index < -0.39 is 15.9 Å². The summed E-state index contributed by atoms with van der Waals surface area (Å²) >= 11 is 6.17. The summed E-state index contributed by atoms with van der Waals surface area (Å²) in [7, 11) is -4.10. The Labute approximate surface area is 174 Å². The van der Waals surface area contributed by atoms with Crippen molar-refractivity contribution in [1.82, 2.24) is 0 Å². The van der Waals surface area contributed by atoms with Crippen LogP contribution in [-0.4, -0.2) is 18.9 Å². The van der Waals surface area contributed by atoms with E-state index in [4.69, 9.17) is 16.2 Å². The molecule has 6 nitrogen and oxygen atoms in total. The van der Waals surface area contributed by atoms with Crippen LogP contribution < -0.4 is 10.6 Å². The van der Waals surface area contributed by atoms with Crippen molar-refractivity contribution in [2.24, 2.45) is 0 Å². The van der Waals surface area contributed by atoms with E-state index in [1.165, 1.54) is 12.1 Å². The van der Waals surface area contributed by atoms with Gasteiger partial charge in [0.15, 0.2) is 0 Å². The molecule has 3 rings (SSSR count). The van der Waals surface area contributed by atoms with Gasteiger partial charge < -0.3 is 10.6 Å². The first-order chi connectivity index (χ1) is 13.7. The van der Waals surface area contributed by atoms with Crippen LogP contribution in [-0.2, 0) is 15.9 Å². The molecule has 0 aromatic heterocycles. The smallest absolute Gasteiger partial charge is 0.269 e. The predicted octanol–water partition coefficient (Wildman–Crippen LogP) is 5.03. The van der Waals surface area contributed by atoms with Crippen molar-refractivity contribution >= 4 is 44.7 Å². The minimum absolute atomic E-state index is 0.324. The molecule has 3 aromatic carbocycles. The van der Waals surface area contributed by atoms with Crippen LogP contribution in [0.2, 0.25) is 5.02 Å². The third kappa shape index (κ3) is 5.57. The first kappa shape index (κ1) is 20.9. The minimum atomic E-state index is -4.10. The molecule has 8 heteroatoms. The van der Waals surface area contributed by atoms with E-state index >= 15 is 0 Å². The van der Waals surface area contributed by atoms with Crippen molar-refractivity contribution in [2.75, 3.05) is 10.6 Å². The number of rotatable bonds is 6. The summed E-state index contributed by atoms with van der Waals surface area (Å²) in [5.41, 5.74) is 3.66. The second-order valence-corrected chi connectivity index (χ2v) is 8.32. The molecule has 0 atom stereocenters. The number of carbonyl (C=O) groups is 1. The molecule has 0 radical (unpaired) electrons. The molecule has 0 saturated carbocycles. The van der Waals surface area contributed by atoms with Crippen LogP contribution in [0.3, 0.4) is 0 Å². The molecular formula is C21H19ClN2O4S. The van der Waals surface area contributed by atoms with Crippen LogP contribution in [0, 0.1) is 6.92 Å². The van der Waals surface area contributed by atoms with E-state index in [2.05, 4.69) is 10.6 Å². The number of hydrogen-bond donors (Lipinski definition) is 3. The van der Waals surface area contributed by atoms with Gasteiger partial charge in [-0.2, -0.15) is 8.42 Å². The molecular weight excluding hydrogens is 412 g/mol. The lowest BCUT2D eigenvalue weighted by Gasteiger charge is -2.14. The summed E-state index contributed by atoms with van der Waals surface area (Å²) in [4.78, 5) is 12.8. The van der Waals surface area contributed by atoms with Crippen LogP contribution >= 0.6 is 11.6 Å². The fourth-order valence-electron chi connectivity index (χ4n) is 2.77. The predicted molar refractivity (Wildman–Crippen MR) is 116 cm³/mol. The highest BCUT2D eigenvalue weighted by Crippen LogP contribution is 2.28. The highest BCUT2D eigenvalue weighted by Gasteiger charge is 2.13. The number of hydrogen-bond acceptors (Lipinski definition) is 4. The van der Waals surface area contributed by atoms with Crippen molar-refractivity contribution in [1.29, 1.82) is 0 Å². The standard InChI is InChI=1S/C21H19ClN2O4S/c1-14-18(22)6-4-8-19(14)24-20-7-3-2-5-17(20)21(25)23-16-11-9-15(10-12-16)13-29(26,27)28/h2-12,24H,13H2,1H3,(H,23,25)(H,26,27,28). The molecule has 1 amide bonds. The molecule has 0 fully saturated rings. The fraction of sp³-hybridized carbons (Fsp3) is 0.0952. The normalized spacial score (nSPS) is 11.1. The SMILES string of the molecule is Cc1c(Cl)cccc1Nc1ccccc1C(=O)Nc1ccc(CS(=O)(=O)O)cc1. The van der Waals surface area contributed by atoms with Gasteiger partial charge in [-0.25, -0.2) is 0 Å². The maximum Gasteiger partial charge on any atom is 0.269 e. The van der Waals surface area contributed by atoms with Gasteiger partial charge in [0.2, 0.25) is 0 Å². The van der Waals surface area contributed by atoms with Crippen LogP contribution in [0.5, 0.6) is 0 Å². The molecule has 3 aromatic rings. The van der Waals surface area contributed by atoms with Gasteiger partial charge in [0.25, 0.3) is 16.0 Å². The Balaban J connectivity index is 1.79. The Morgan fingerprint density at radius 3 is 2.31 bits per heavy atom. The van der Waals surface area contributed by atoms with Gasteiger partial charge in [-0.15, -0.1) is 0 Å². The lowest BCUT2D eigenvalue weighted by Crippen LogP contribution is -2.14. The summed E-state index contributed by atoms with van der Waals surface area (Å²) in [6.45, 7) is 1.89. The number of halogens is 1.